The van der Waals surface area contributed by atoms with Gasteiger partial charge in [-0.1, -0.05) is 30.3 Å². The Bertz CT molecular complexity index is 763. The van der Waals surface area contributed by atoms with Crippen LogP contribution in [0.3, 0.4) is 0 Å². The molecular formula is C15H15N3O3S. The van der Waals surface area contributed by atoms with E-state index in [-0.39, 0.29) is 30.4 Å². The summed E-state index contributed by atoms with van der Waals surface area (Å²) in [5.41, 5.74) is 0.938. The van der Waals surface area contributed by atoms with Gasteiger partial charge in [-0.2, -0.15) is 0 Å². The summed E-state index contributed by atoms with van der Waals surface area (Å²) in [7, 11) is -3.26. The maximum atomic E-state index is 12.4. The third-order valence-corrected chi connectivity index (χ3v) is 5.75. The van der Waals surface area contributed by atoms with Crippen LogP contribution in [0.15, 0.2) is 48.9 Å². The molecule has 2 aromatic rings. The fourth-order valence-electron chi connectivity index (χ4n) is 2.52. The molecular weight excluding hydrogens is 302 g/mol. The first-order valence-electron chi connectivity index (χ1n) is 6.90. The van der Waals surface area contributed by atoms with Crippen molar-refractivity contribution in [3.63, 3.8) is 0 Å². The minimum Gasteiger partial charge on any atom is -0.335 e. The second-order valence-electron chi connectivity index (χ2n) is 5.11. The Hall–Kier alpha value is -2.28. The lowest BCUT2D eigenvalue weighted by atomic mass is 10.1. The highest BCUT2D eigenvalue weighted by Gasteiger charge is 2.36. The molecule has 1 unspecified atom stereocenters. The van der Waals surface area contributed by atoms with E-state index in [4.69, 9.17) is 0 Å². The van der Waals surface area contributed by atoms with E-state index in [2.05, 4.69) is 9.97 Å². The van der Waals surface area contributed by atoms with Crippen molar-refractivity contribution < 1.29 is 13.2 Å². The minimum absolute atomic E-state index is 0.0431. The average Bonchev–Trinajstić information content (AvgIpc) is 2.55. The van der Waals surface area contributed by atoms with Crippen LogP contribution in [0, 0.1) is 0 Å². The van der Waals surface area contributed by atoms with E-state index in [1.54, 1.807) is 24.3 Å². The third-order valence-electron chi connectivity index (χ3n) is 3.71. The van der Waals surface area contributed by atoms with Gasteiger partial charge in [-0.05, 0) is 5.56 Å². The maximum Gasteiger partial charge on any atom is 0.274 e. The van der Waals surface area contributed by atoms with Crippen molar-refractivity contribution in [1.29, 1.82) is 0 Å². The smallest absolute Gasteiger partial charge is 0.274 e. The molecule has 1 aliphatic rings. The van der Waals surface area contributed by atoms with Crippen molar-refractivity contribution >= 4 is 15.7 Å². The normalized spacial score (nSPS) is 20.5. The maximum absolute atomic E-state index is 12.4. The van der Waals surface area contributed by atoms with Crippen molar-refractivity contribution in [3.05, 3.63) is 60.2 Å². The first kappa shape index (κ1) is 14.6. The molecule has 1 aromatic heterocycles. The van der Waals surface area contributed by atoms with Crippen molar-refractivity contribution in [2.45, 2.75) is 5.25 Å². The highest BCUT2D eigenvalue weighted by atomic mass is 32.2. The summed E-state index contributed by atoms with van der Waals surface area (Å²) >= 11 is 0. The van der Waals surface area contributed by atoms with Crippen molar-refractivity contribution in [3.8, 4) is 0 Å². The lowest BCUT2D eigenvalue weighted by Crippen LogP contribution is -2.45. The lowest BCUT2D eigenvalue weighted by Gasteiger charge is -2.32. The van der Waals surface area contributed by atoms with Crippen LogP contribution in [0.25, 0.3) is 0 Å². The third kappa shape index (κ3) is 2.85. The SMILES string of the molecule is O=C(c1cnccn1)N1CCS(=O)(=O)C(c2ccccc2)C1. The number of benzene rings is 1. The summed E-state index contributed by atoms with van der Waals surface area (Å²) in [5, 5.41) is -0.692. The largest absolute Gasteiger partial charge is 0.335 e. The van der Waals surface area contributed by atoms with Crippen LogP contribution in [0.2, 0.25) is 0 Å². The van der Waals surface area contributed by atoms with E-state index in [1.807, 2.05) is 6.07 Å². The number of hydrogen-bond donors (Lipinski definition) is 0. The fourth-order valence-corrected chi connectivity index (χ4v) is 4.26. The molecule has 7 heteroatoms. The van der Waals surface area contributed by atoms with Gasteiger partial charge in [-0.15, -0.1) is 0 Å². The van der Waals surface area contributed by atoms with Gasteiger partial charge in [0.2, 0.25) is 0 Å². The molecule has 0 spiro atoms. The topological polar surface area (TPSA) is 80.2 Å². The van der Waals surface area contributed by atoms with E-state index in [0.29, 0.717) is 5.56 Å². The average molecular weight is 317 g/mol. The van der Waals surface area contributed by atoms with Gasteiger partial charge in [0, 0.05) is 25.5 Å². The van der Waals surface area contributed by atoms with Gasteiger partial charge >= 0.3 is 0 Å². The Morgan fingerprint density at radius 3 is 2.64 bits per heavy atom. The Morgan fingerprint density at radius 1 is 1.18 bits per heavy atom. The van der Waals surface area contributed by atoms with Crippen LogP contribution in [-0.2, 0) is 9.84 Å². The van der Waals surface area contributed by atoms with E-state index >= 15 is 0 Å². The second-order valence-corrected chi connectivity index (χ2v) is 7.41. The fraction of sp³-hybridized carbons (Fsp3) is 0.267. The molecule has 0 aliphatic carbocycles. The molecule has 1 saturated heterocycles. The quantitative estimate of drug-likeness (QED) is 0.828. The van der Waals surface area contributed by atoms with Crippen LogP contribution >= 0.6 is 0 Å². The molecule has 2 heterocycles. The van der Waals surface area contributed by atoms with Crippen LogP contribution < -0.4 is 0 Å². The molecule has 1 amide bonds. The van der Waals surface area contributed by atoms with Gasteiger partial charge in [0.15, 0.2) is 9.84 Å². The summed E-state index contributed by atoms with van der Waals surface area (Å²) < 4.78 is 24.6. The van der Waals surface area contributed by atoms with Gasteiger partial charge in [-0.25, -0.2) is 13.4 Å². The summed E-state index contributed by atoms with van der Waals surface area (Å²) in [6.45, 7) is 0.322. The molecule has 1 aromatic carbocycles. The van der Waals surface area contributed by atoms with Gasteiger partial charge in [0.25, 0.3) is 5.91 Å². The zero-order chi connectivity index (χ0) is 15.6. The van der Waals surface area contributed by atoms with Crippen molar-refractivity contribution in [2.24, 2.45) is 0 Å². The summed E-state index contributed by atoms with van der Waals surface area (Å²) in [6.07, 6.45) is 4.33. The first-order valence-corrected chi connectivity index (χ1v) is 8.61. The van der Waals surface area contributed by atoms with E-state index in [0.717, 1.165) is 0 Å². The summed E-state index contributed by atoms with van der Waals surface area (Å²) in [5.74, 6) is -0.331. The Labute approximate surface area is 128 Å². The monoisotopic (exact) mass is 317 g/mol. The van der Waals surface area contributed by atoms with Crippen molar-refractivity contribution in [1.82, 2.24) is 14.9 Å². The van der Waals surface area contributed by atoms with Crippen LogP contribution in [-0.4, -0.2) is 48.0 Å². The number of rotatable bonds is 2. The number of sulfone groups is 1. The molecule has 6 nitrogen and oxygen atoms in total. The molecule has 0 saturated carbocycles. The van der Waals surface area contributed by atoms with Gasteiger partial charge in [0.1, 0.15) is 10.9 Å². The van der Waals surface area contributed by atoms with Gasteiger partial charge < -0.3 is 4.90 Å². The molecule has 1 fully saturated rings. The highest BCUT2D eigenvalue weighted by molar-refractivity contribution is 7.91. The second kappa shape index (κ2) is 5.84. The molecule has 3 rings (SSSR count). The van der Waals surface area contributed by atoms with E-state index in [9.17, 15) is 13.2 Å². The van der Waals surface area contributed by atoms with E-state index < -0.39 is 15.1 Å². The van der Waals surface area contributed by atoms with Crippen molar-refractivity contribution in [2.75, 3.05) is 18.8 Å². The lowest BCUT2D eigenvalue weighted by molar-refractivity contribution is 0.0752. The Kier molecular flexibility index (Phi) is 3.89. The number of hydrogen-bond acceptors (Lipinski definition) is 5. The predicted molar refractivity (Wildman–Crippen MR) is 80.9 cm³/mol. The number of carbonyl (C=O) groups is 1. The zero-order valence-corrected chi connectivity index (χ0v) is 12.6. The molecule has 114 valence electrons. The molecule has 1 atom stereocenters. The minimum atomic E-state index is -3.26. The zero-order valence-electron chi connectivity index (χ0n) is 11.8. The number of amides is 1. The number of carbonyl (C=O) groups excluding carboxylic acids is 1. The van der Waals surface area contributed by atoms with Gasteiger partial charge in [-0.3, -0.25) is 9.78 Å². The highest BCUT2D eigenvalue weighted by Crippen LogP contribution is 2.28. The molecule has 1 aliphatic heterocycles. The molecule has 0 radical (unpaired) electrons. The Morgan fingerprint density at radius 2 is 1.95 bits per heavy atom. The molecule has 0 bridgehead atoms. The molecule has 22 heavy (non-hydrogen) atoms. The Balaban J connectivity index is 1.87. The summed E-state index contributed by atoms with van der Waals surface area (Å²) in [4.78, 5) is 21.8. The van der Waals surface area contributed by atoms with Crippen LogP contribution in [0.1, 0.15) is 21.3 Å². The number of nitrogens with zero attached hydrogens (tertiary/aromatic N) is 3. The predicted octanol–water partition coefficient (Wildman–Crippen LogP) is 1.09. The van der Waals surface area contributed by atoms with Gasteiger partial charge in [0.05, 0.1) is 11.9 Å². The van der Waals surface area contributed by atoms with E-state index in [1.165, 1.54) is 23.5 Å². The molecule has 0 N–H and O–H groups in total. The van der Waals surface area contributed by atoms with Crippen LogP contribution in [0.4, 0.5) is 0 Å². The van der Waals surface area contributed by atoms with Crippen LogP contribution in [0.5, 0.6) is 0 Å². The standard InChI is InChI=1S/C15H15N3O3S/c19-15(13-10-16-6-7-17-13)18-8-9-22(20,21)14(11-18)12-4-2-1-3-5-12/h1-7,10,14H,8-9,11H2. The first-order chi connectivity index (χ1) is 10.6. The number of aromatic nitrogens is 2. The summed E-state index contributed by atoms with van der Waals surface area (Å²) in [6, 6.07) is 8.99.